The number of nitrogens with zero attached hydrogens (tertiary/aromatic N) is 2. The molecule has 0 aliphatic carbocycles. The monoisotopic (exact) mass is 264 g/mol. The average Bonchev–Trinajstić information content (AvgIpc) is 2.47. The number of hydrogen-bond donors (Lipinski definition) is 2. The summed E-state index contributed by atoms with van der Waals surface area (Å²) < 4.78 is 0. The molecule has 106 valence electrons. The van der Waals surface area contributed by atoms with Gasteiger partial charge in [0.1, 0.15) is 0 Å². The molecule has 1 aromatic heterocycles. The molecule has 0 aromatic carbocycles. The van der Waals surface area contributed by atoms with Gasteiger partial charge in [0.2, 0.25) is 0 Å². The van der Waals surface area contributed by atoms with Crippen LogP contribution in [0.5, 0.6) is 0 Å². The third-order valence-electron chi connectivity index (χ3n) is 3.92. The fraction of sp³-hybridized carbons (Fsp3) is 0.667. The lowest BCUT2D eigenvalue weighted by Crippen LogP contribution is -2.35. The van der Waals surface area contributed by atoms with E-state index in [1.165, 1.54) is 12.8 Å². The lowest BCUT2D eigenvalue weighted by molar-refractivity contribution is 0.169. The summed E-state index contributed by atoms with van der Waals surface area (Å²) in [6, 6.07) is 3.96. The van der Waals surface area contributed by atoms with Crippen LogP contribution in [-0.2, 0) is 0 Å². The van der Waals surface area contributed by atoms with Crippen molar-refractivity contribution in [1.82, 2.24) is 4.98 Å². The second-order valence-electron chi connectivity index (χ2n) is 5.33. The number of hydrogen-bond acceptors (Lipinski definition) is 4. The van der Waals surface area contributed by atoms with E-state index in [4.69, 9.17) is 5.11 Å². The summed E-state index contributed by atoms with van der Waals surface area (Å²) in [4.78, 5) is 6.69. The number of piperidine rings is 1. The van der Waals surface area contributed by atoms with Gasteiger partial charge in [-0.1, -0.05) is 6.92 Å². The maximum Gasteiger partial charge on any atom is 0.0957 e. The summed E-state index contributed by atoms with van der Waals surface area (Å²) >= 11 is 0. The molecule has 2 rings (SSSR count). The van der Waals surface area contributed by atoms with Crippen LogP contribution in [0.2, 0.25) is 0 Å². The predicted octanol–water partition coefficient (Wildman–Crippen LogP) is 2.12. The van der Waals surface area contributed by atoms with E-state index in [2.05, 4.69) is 9.88 Å². The molecule has 1 aliphatic heterocycles. The Labute approximate surface area is 115 Å². The third kappa shape index (κ3) is 3.67. The average molecular weight is 264 g/mol. The third-order valence-corrected chi connectivity index (χ3v) is 3.92. The van der Waals surface area contributed by atoms with Crippen LogP contribution in [0.1, 0.15) is 44.4 Å². The van der Waals surface area contributed by atoms with Gasteiger partial charge in [-0.05, 0) is 43.7 Å². The number of aliphatic hydroxyl groups excluding tert-OH is 2. The largest absolute Gasteiger partial charge is 0.396 e. The van der Waals surface area contributed by atoms with Crippen molar-refractivity contribution in [2.45, 2.75) is 38.7 Å². The van der Waals surface area contributed by atoms with Gasteiger partial charge in [-0.2, -0.15) is 0 Å². The molecule has 2 unspecified atom stereocenters. The van der Waals surface area contributed by atoms with Gasteiger partial charge in [0, 0.05) is 19.7 Å². The van der Waals surface area contributed by atoms with Crippen LogP contribution in [0.15, 0.2) is 18.3 Å². The van der Waals surface area contributed by atoms with Gasteiger partial charge in [0.25, 0.3) is 0 Å². The summed E-state index contributed by atoms with van der Waals surface area (Å²) in [5.41, 5.74) is 1.87. The first kappa shape index (κ1) is 14.3. The number of aromatic nitrogens is 1. The van der Waals surface area contributed by atoms with Crippen LogP contribution >= 0.6 is 0 Å². The van der Waals surface area contributed by atoms with Gasteiger partial charge in [-0.15, -0.1) is 0 Å². The molecule has 0 saturated carbocycles. The van der Waals surface area contributed by atoms with E-state index >= 15 is 0 Å². The lowest BCUT2D eigenvalue weighted by Gasteiger charge is -2.34. The molecule has 4 heteroatoms. The zero-order valence-corrected chi connectivity index (χ0v) is 11.6. The van der Waals surface area contributed by atoms with Gasteiger partial charge in [-0.25, -0.2) is 0 Å². The number of pyridine rings is 1. The van der Waals surface area contributed by atoms with Gasteiger partial charge in [-0.3, -0.25) is 4.98 Å². The van der Waals surface area contributed by atoms with Crippen LogP contribution in [-0.4, -0.2) is 34.9 Å². The SMILES string of the molecule is CCC(O)c1ccc(N2CCCC(CCO)C2)cn1. The van der Waals surface area contributed by atoms with Crippen LogP contribution in [0, 0.1) is 5.92 Å². The molecule has 0 amide bonds. The minimum Gasteiger partial charge on any atom is -0.396 e. The fourth-order valence-corrected chi connectivity index (χ4v) is 2.71. The van der Waals surface area contributed by atoms with E-state index in [1.54, 1.807) is 0 Å². The Balaban J connectivity index is 2.01. The normalized spacial score (nSPS) is 21.4. The van der Waals surface area contributed by atoms with Crippen molar-refractivity contribution in [3.8, 4) is 0 Å². The molecule has 19 heavy (non-hydrogen) atoms. The van der Waals surface area contributed by atoms with Crippen molar-refractivity contribution in [2.75, 3.05) is 24.6 Å². The van der Waals surface area contributed by atoms with E-state index < -0.39 is 6.10 Å². The second kappa shape index (κ2) is 6.87. The first-order chi connectivity index (χ1) is 9.24. The molecule has 0 radical (unpaired) electrons. The van der Waals surface area contributed by atoms with Crippen LogP contribution < -0.4 is 4.90 Å². The van der Waals surface area contributed by atoms with E-state index in [0.29, 0.717) is 12.3 Å². The number of aliphatic hydroxyl groups is 2. The molecule has 0 spiro atoms. The number of rotatable bonds is 5. The van der Waals surface area contributed by atoms with Gasteiger partial charge >= 0.3 is 0 Å². The summed E-state index contributed by atoms with van der Waals surface area (Å²) in [7, 11) is 0. The molecular formula is C15H24N2O2. The molecule has 2 N–H and O–H groups in total. The Kier molecular flexibility index (Phi) is 5.16. The molecule has 1 aliphatic rings. The number of anilines is 1. The molecule has 1 fully saturated rings. The standard InChI is InChI=1S/C15H24N2O2/c1-2-15(19)14-6-5-13(10-16-14)17-8-3-4-12(11-17)7-9-18/h5-6,10,12,15,18-19H,2-4,7-9,11H2,1H3. The van der Waals surface area contributed by atoms with Gasteiger partial charge in [0.15, 0.2) is 0 Å². The molecule has 1 saturated heterocycles. The van der Waals surface area contributed by atoms with Gasteiger partial charge < -0.3 is 15.1 Å². The van der Waals surface area contributed by atoms with Crippen LogP contribution in [0.4, 0.5) is 5.69 Å². The lowest BCUT2D eigenvalue weighted by atomic mass is 9.95. The summed E-state index contributed by atoms with van der Waals surface area (Å²) in [5.74, 6) is 0.583. The maximum absolute atomic E-state index is 9.74. The Bertz CT molecular complexity index is 378. The minimum absolute atomic E-state index is 0.276. The highest BCUT2D eigenvalue weighted by Gasteiger charge is 2.20. The molecule has 4 nitrogen and oxygen atoms in total. The Morgan fingerprint density at radius 2 is 2.32 bits per heavy atom. The van der Waals surface area contributed by atoms with Crippen LogP contribution in [0.25, 0.3) is 0 Å². The highest BCUT2D eigenvalue weighted by molar-refractivity contribution is 5.45. The van der Waals surface area contributed by atoms with Gasteiger partial charge in [0.05, 0.1) is 23.7 Å². The fourth-order valence-electron chi connectivity index (χ4n) is 2.71. The van der Waals surface area contributed by atoms with Crippen molar-refractivity contribution in [1.29, 1.82) is 0 Å². The van der Waals surface area contributed by atoms with Crippen LogP contribution in [0.3, 0.4) is 0 Å². The quantitative estimate of drug-likeness (QED) is 0.855. The van der Waals surface area contributed by atoms with E-state index in [9.17, 15) is 5.11 Å². The van der Waals surface area contributed by atoms with E-state index in [0.717, 1.165) is 30.9 Å². The molecule has 0 bridgehead atoms. The molecule has 1 aromatic rings. The summed E-state index contributed by atoms with van der Waals surface area (Å²) in [6.45, 7) is 4.28. The Morgan fingerprint density at radius 3 is 2.95 bits per heavy atom. The zero-order valence-electron chi connectivity index (χ0n) is 11.6. The van der Waals surface area contributed by atoms with Crippen molar-refractivity contribution >= 4 is 5.69 Å². The Hall–Kier alpha value is -1.13. The first-order valence-corrected chi connectivity index (χ1v) is 7.24. The summed E-state index contributed by atoms with van der Waals surface area (Å²) in [6.07, 6.45) is 5.35. The topological polar surface area (TPSA) is 56.6 Å². The van der Waals surface area contributed by atoms with E-state index in [1.807, 2.05) is 25.3 Å². The first-order valence-electron chi connectivity index (χ1n) is 7.24. The smallest absolute Gasteiger partial charge is 0.0957 e. The maximum atomic E-state index is 9.74. The van der Waals surface area contributed by atoms with Crippen molar-refractivity contribution in [2.24, 2.45) is 5.92 Å². The molecule has 2 heterocycles. The van der Waals surface area contributed by atoms with Crippen molar-refractivity contribution < 1.29 is 10.2 Å². The highest BCUT2D eigenvalue weighted by atomic mass is 16.3. The Morgan fingerprint density at radius 1 is 1.47 bits per heavy atom. The minimum atomic E-state index is -0.461. The van der Waals surface area contributed by atoms with Crippen molar-refractivity contribution in [3.05, 3.63) is 24.0 Å². The van der Waals surface area contributed by atoms with E-state index in [-0.39, 0.29) is 6.61 Å². The van der Waals surface area contributed by atoms with Crippen molar-refractivity contribution in [3.63, 3.8) is 0 Å². The molecular weight excluding hydrogens is 240 g/mol. The molecule has 2 atom stereocenters. The highest BCUT2D eigenvalue weighted by Crippen LogP contribution is 2.25. The zero-order chi connectivity index (χ0) is 13.7. The summed E-state index contributed by atoms with van der Waals surface area (Å²) in [5, 5.41) is 18.8. The second-order valence-corrected chi connectivity index (χ2v) is 5.33. The predicted molar refractivity (Wildman–Crippen MR) is 76.1 cm³/mol.